The molecule has 0 unspecified atom stereocenters. The summed E-state index contributed by atoms with van der Waals surface area (Å²) in [6.07, 6.45) is 8.36. The molecule has 0 spiro atoms. The van der Waals surface area contributed by atoms with Crippen molar-refractivity contribution >= 4 is 13.9 Å². The molecular weight excluding hydrogens is 477 g/mol. The molecule has 206 valence electrons. The minimum Gasteiger partial charge on any atom is -0.465 e. The Labute approximate surface area is 218 Å². The van der Waals surface area contributed by atoms with Crippen LogP contribution in [0, 0.1) is 0 Å². The van der Waals surface area contributed by atoms with Gasteiger partial charge in [0, 0.05) is 12.5 Å². The van der Waals surface area contributed by atoms with Crippen LogP contribution in [0.15, 0.2) is 24.3 Å². The van der Waals surface area contributed by atoms with Gasteiger partial charge >= 0.3 is 13.9 Å². The smallest absolute Gasteiger partial charge is 0.465 e. The summed E-state index contributed by atoms with van der Waals surface area (Å²) in [5, 5.41) is 9.81. The van der Waals surface area contributed by atoms with E-state index in [0.717, 1.165) is 12.0 Å². The minimum absolute atomic E-state index is 0.0538. The molecule has 1 amide bonds. The van der Waals surface area contributed by atoms with Crippen LogP contribution in [0.25, 0.3) is 0 Å². The first-order valence-corrected chi connectivity index (χ1v) is 14.9. The van der Waals surface area contributed by atoms with Gasteiger partial charge in [-0.05, 0) is 71.9 Å². The quantitative estimate of drug-likeness (QED) is 0.206. The normalized spacial score (nSPS) is 19.1. The van der Waals surface area contributed by atoms with Crippen LogP contribution in [0.4, 0.5) is 4.79 Å². The highest BCUT2D eigenvalue weighted by atomic mass is 31.2. The predicted octanol–water partition coefficient (Wildman–Crippen LogP) is 8.18. The number of aryl methyl sites for hydroxylation is 1. The number of hydrogen-bond acceptors (Lipinski definition) is 5. The fourth-order valence-electron chi connectivity index (χ4n) is 4.64. The monoisotopic (exact) mass is 525 g/mol. The standard InChI is InChI=1S/C28H48NO6P/c1-8-9-10-11-12-13-14-22-15-17-23(18-16-22)24-19-20-29(26(30)31)25(24)21-33-36(32,34-27(2,3)4)35-28(5,6)7/h15-18,24-25H,8-14,19-21H2,1-7H3,(H,30,31)/t24-,25-/m1/s1. The summed E-state index contributed by atoms with van der Waals surface area (Å²) in [7, 11) is -3.94. The number of likely N-dealkylation sites (tertiary alicyclic amines) is 1. The lowest BCUT2D eigenvalue weighted by atomic mass is 9.91. The third-order valence-corrected chi connectivity index (χ3v) is 8.20. The predicted molar refractivity (Wildman–Crippen MR) is 145 cm³/mol. The first-order chi connectivity index (χ1) is 16.7. The number of phosphoric ester groups is 1. The Balaban J connectivity index is 2.10. The van der Waals surface area contributed by atoms with Gasteiger partial charge in [-0.1, -0.05) is 63.3 Å². The largest absolute Gasteiger partial charge is 0.475 e. The van der Waals surface area contributed by atoms with Crippen molar-refractivity contribution in [1.29, 1.82) is 0 Å². The molecule has 2 rings (SSSR count). The Hall–Kier alpha value is -1.40. The number of carbonyl (C=O) groups is 1. The summed E-state index contributed by atoms with van der Waals surface area (Å²) in [5.41, 5.74) is 0.863. The van der Waals surface area contributed by atoms with Gasteiger partial charge in [0.15, 0.2) is 0 Å². The van der Waals surface area contributed by atoms with Gasteiger partial charge in [-0.15, -0.1) is 0 Å². The molecule has 1 N–H and O–H groups in total. The van der Waals surface area contributed by atoms with Gasteiger partial charge in [-0.3, -0.25) is 13.6 Å². The van der Waals surface area contributed by atoms with Crippen molar-refractivity contribution in [3.63, 3.8) is 0 Å². The average molecular weight is 526 g/mol. The Kier molecular flexibility index (Phi) is 11.5. The van der Waals surface area contributed by atoms with Crippen molar-refractivity contribution in [2.45, 2.75) is 123 Å². The molecule has 8 heteroatoms. The van der Waals surface area contributed by atoms with Crippen LogP contribution in [0.1, 0.15) is 110 Å². The van der Waals surface area contributed by atoms with Gasteiger partial charge < -0.3 is 10.0 Å². The minimum atomic E-state index is -3.94. The third kappa shape index (κ3) is 10.5. The van der Waals surface area contributed by atoms with Crippen molar-refractivity contribution in [2.75, 3.05) is 13.2 Å². The number of rotatable bonds is 13. The van der Waals surface area contributed by atoms with E-state index in [-0.39, 0.29) is 12.5 Å². The van der Waals surface area contributed by atoms with Crippen molar-refractivity contribution in [1.82, 2.24) is 4.90 Å². The zero-order valence-corrected chi connectivity index (χ0v) is 24.3. The maximum absolute atomic E-state index is 13.5. The maximum atomic E-state index is 13.5. The zero-order chi connectivity index (χ0) is 27.0. The highest BCUT2D eigenvalue weighted by Crippen LogP contribution is 2.56. The Morgan fingerprint density at radius 3 is 2.06 bits per heavy atom. The second-order valence-electron chi connectivity index (χ2n) is 11.8. The van der Waals surface area contributed by atoms with Crippen LogP contribution in [0.3, 0.4) is 0 Å². The Bertz CT molecular complexity index is 838. The zero-order valence-electron chi connectivity index (χ0n) is 23.4. The summed E-state index contributed by atoms with van der Waals surface area (Å²) in [5.74, 6) is -0.0538. The lowest BCUT2D eigenvalue weighted by Crippen LogP contribution is -2.39. The van der Waals surface area contributed by atoms with E-state index >= 15 is 0 Å². The molecule has 36 heavy (non-hydrogen) atoms. The second kappa shape index (κ2) is 13.4. The highest BCUT2D eigenvalue weighted by molar-refractivity contribution is 7.48. The molecule has 1 aromatic rings. The van der Waals surface area contributed by atoms with Crippen molar-refractivity contribution in [2.24, 2.45) is 0 Å². The van der Waals surface area contributed by atoms with Crippen molar-refractivity contribution < 1.29 is 28.0 Å². The van der Waals surface area contributed by atoms with Crippen LogP contribution in [0.5, 0.6) is 0 Å². The van der Waals surface area contributed by atoms with Gasteiger partial charge in [-0.25, -0.2) is 9.36 Å². The Morgan fingerprint density at radius 2 is 1.53 bits per heavy atom. The number of amides is 1. The van der Waals surface area contributed by atoms with Gasteiger partial charge in [0.25, 0.3) is 0 Å². The molecule has 1 aromatic carbocycles. The van der Waals surface area contributed by atoms with Crippen LogP contribution >= 0.6 is 7.82 Å². The molecule has 0 saturated carbocycles. The third-order valence-electron chi connectivity index (χ3n) is 6.19. The summed E-state index contributed by atoms with van der Waals surface area (Å²) in [6.45, 7) is 13.3. The van der Waals surface area contributed by atoms with E-state index < -0.39 is 31.2 Å². The summed E-state index contributed by atoms with van der Waals surface area (Å²) in [4.78, 5) is 13.4. The van der Waals surface area contributed by atoms with Crippen LogP contribution < -0.4 is 0 Å². The number of benzene rings is 1. The summed E-state index contributed by atoms with van der Waals surface area (Å²) in [6, 6.07) is 8.03. The molecule has 7 nitrogen and oxygen atoms in total. The van der Waals surface area contributed by atoms with Gasteiger partial charge in [0.2, 0.25) is 0 Å². The number of phosphoric acid groups is 1. The molecule has 1 saturated heterocycles. The fraction of sp³-hybridized carbons (Fsp3) is 0.750. The number of nitrogens with zero attached hydrogens (tertiary/aromatic N) is 1. The molecule has 0 aliphatic carbocycles. The second-order valence-corrected chi connectivity index (χ2v) is 13.4. The maximum Gasteiger partial charge on any atom is 0.475 e. The number of hydrogen-bond donors (Lipinski definition) is 1. The lowest BCUT2D eigenvalue weighted by molar-refractivity contribution is -0.00339. The fourth-order valence-corrected chi connectivity index (χ4v) is 6.46. The first kappa shape index (κ1) is 30.8. The molecule has 0 aromatic heterocycles. The summed E-state index contributed by atoms with van der Waals surface area (Å²) < 4.78 is 30.8. The molecule has 2 atom stereocenters. The van der Waals surface area contributed by atoms with Crippen LogP contribution in [-0.4, -0.2) is 46.5 Å². The van der Waals surface area contributed by atoms with E-state index in [1.54, 1.807) is 41.5 Å². The molecule has 1 aliphatic rings. The molecule has 1 fully saturated rings. The van der Waals surface area contributed by atoms with Gasteiger partial charge in [0.1, 0.15) is 0 Å². The van der Waals surface area contributed by atoms with Crippen molar-refractivity contribution in [3.8, 4) is 0 Å². The average Bonchev–Trinajstić information content (AvgIpc) is 3.17. The highest BCUT2D eigenvalue weighted by Gasteiger charge is 2.43. The van der Waals surface area contributed by atoms with Crippen LogP contribution in [0.2, 0.25) is 0 Å². The molecule has 1 aliphatic heterocycles. The molecule has 0 bridgehead atoms. The van der Waals surface area contributed by atoms with E-state index in [4.69, 9.17) is 13.6 Å². The van der Waals surface area contributed by atoms with E-state index in [9.17, 15) is 14.5 Å². The summed E-state index contributed by atoms with van der Waals surface area (Å²) >= 11 is 0. The molecule has 0 radical (unpaired) electrons. The van der Waals surface area contributed by atoms with E-state index in [0.29, 0.717) is 13.0 Å². The Morgan fingerprint density at radius 1 is 0.972 bits per heavy atom. The van der Waals surface area contributed by atoms with Gasteiger partial charge in [-0.2, -0.15) is 0 Å². The topological polar surface area (TPSA) is 85.3 Å². The molecule has 1 heterocycles. The van der Waals surface area contributed by atoms with E-state index in [1.165, 1.54) is 49.0 Å². The first-order valence-electron chi connectivity index (χ1n) is 13.5. The van der Waals surface area contributed by atoms with E-state index in [1.807, 2.05) is 0 Å². The number of carboxylic acid groups (broad SMARTS) is 1. The van der Waals surface area contributed by atoms with Gasteiger partial charge in [0.05, 0.1) is 23.9 Å². The number of unbranched alkanes of at least 4 members (excludes halogenated alkanes) is 5. The van der Waals surface area contributed by atoms with Crippen molar-refractivity contribution in [3.05, 3.63) is 35.4 Å². The SMILES string of the molecule is CCCCCCCCc1ccc([C@H]2CCN(C(=O)O)[C@@H]2COP(=O)(OC(C)(C)C)OC(C)(C)C)cc1. The van der Waals surface area contributed by atoms with Crippen LogP contribution in [-0.2, 0) is 24.6 Å². The lowest BCUT2D eigenvalue weighted by Gasteiger charge is -2.33. The molecular formula is C28H48NO6P. The van der Waals surface area contributed by atoms with E-state index in [2.05, 4.69) is 31.2 Å².